The summed E-state index contributed by atoms with van der Waals surface area (Å²) in [5.41, 5.74) is 0. The minimum Gasteiger partial charge on any atom is -0.319 e. The van der Waals surface area contributed by atoms with Crippen LogP contribution in [-0.4, -0.2) is 38.1 Å². The fourth-order valence-corrected chi connectivity index (χ4v) is 2.72. The van der Waals surface area contributed by atoms with E-state index in [0.717, 1.165) is 11.8 Å². The van der Waals surface area contributed by atoms with Gasteiger partial charge in [0.25, 0.3) is 0 Å². The molecule has 2 fully saturated rings. The van der Waals surface area contributed by atoms with Crippen LogP contribution in [0.15, 0.2) is 0 Å². The van der Waals surface area contributed by atoms with E-state index in [1.165, 1.54) is 58.3 Å². The lowest BCUT2D eigenvalue weighted by atomic mass is 9.83. The fraction of sp³-hybridized carbons (Fsp3) is 1.00. The van der Waals surface area contributed by atoms with Gasteiger partial charge in [-0.15, -0.1) is 0 Å². The minimum absolute atomic E-state index is 0.918. The van der Waals surface area contributed by atoms with Gasteiger partial charge in [0.05, 0.1) is 0 Å². The molecule has 1 unspecified atom stereocenters. The molecule has 1 heterocycles. The van der Waals surface area contributed by atoms with Gasteiger partial charge in [-0.3, -0.25) is 0 Å². The van der Waals surface area contributed by atoms with Gasteiger partial charge >= 0.3 is 0 Å². The predicted molar refractivity (Wildman–Crippen MR) is 60.4 cm³/mol. The maximum absolute atomic E-state index is 3.29. The number of hydrogen-bond donors (Lipinski definition) is 1. The molecule has 2 heteroatoms. The average Bonchev–Trinajstić information content (AvgIpc) is 2.51. The highest BCUT2D eigenvalue weighted by Gasteiger charge is 2.23. The molecule has 1 aliphatic carbocycles. The zero-order valence-corrected chi connectivity index (χ0v) is 9.47. The van der Waals surface area contributed by atoms with E-state index in [1.807, 2.05) is 0 Å². The first-order valence-corrected chi connectivity index (χ1v) is 6.25. The van der Waals surface area contributed by atoms with Crippen molar-refractivity contribution in [2.45, 2.75) is 32.1 Å². The van der Waals surface area contributed by atoms with E-state index in [4.69, 9.17) is 0 Å². The molecule has 2 aliphatic rings. The molecule has 14 heavy (non-hydrogen) atoms. The molecule has 0 aromatic carbocycles. The fourth-order valence-electron chi connectivity index (χ4n) is 2.72. The van der Waals surface area contributed by atoms with Crippen molar-refractivity contribution in [2.24, 2.45) is 11.8 Å². The summed E-state index contributed by atoms with van der Waals surface area (Å²) < 4.78 is 0. The second-order valence-corrected chi connectivity index (χ2v) is 5.10. The van der Waals surface area contributed by atoms with Gasteiger partial charge in [0.2, 0.25) is 0 Å². The highest BCUT2D eigenvalue weighted by Crippen LogP contribution is 2.30. The summed E-state index contributed by atoms with van der Waals surface area (Å²) in [7, 11) is 2.07. The standard InChI is InChI=1S/C12H24N2/c1-13-9-12-6-8-14(10-12)7-5-11-3-2-4-11/h11-13H,2-10H2,1H3. The summed E-state index contributed by atoms with van der Waals surface area (Å²) in [4.78, 5) is 2.67. The molecule has 1 saturated heterocycles. The normalized spacial score (nSPS) is 29.4. The third-order valence-electron chi connectivity index (χ3n) is 3.94. The first kappa shape index (κ1) is 10.4. The SMILES string of the molecule is CNCC1CCN(CCC2CCC2)C1. The molecule has 0 aromatic rings. The predicted octanol–water partition coefficient (Wildman–Crippen LogP) is 1.72. The molecular formula is C12H24N2. The number of likely N-dealkylation sites (tertiary alicyclic amines) is 1. The Hall–Kier alpha value is -0.0800. The van der Waals surface area contributed by atoms with E-state index in [1.54, 1.807) is 0 Å². The minimum atomic E-state index is 0.918. The molecule has 2 rings (SSSR count). The molecule has 1 N–H and O–H groups in total. The number of nitrogens with one attached hydrogen (secondary N) is 1. The van der Waals surface area contributed by atoms with Gasteiger partial charge in [0.15, 0.2) is 0 Å². The van der Waals surface area contributed by atoms with Crippen LogP contribution in [0.4, 0.5) is 0 Å². The van der Waals surface area contributed by atoms with Crippen LogP contribution in [0.25, 0.3) is 0 Å². The van der Waals surface area contributed by atoms with Gasteiger partial charge in [0.1, 0.15) is 0 Å². The van der Waals surface area contributed by atoms with Gasteiger partial charge in [-0.05, 0) is 51.4 Å². The van der Waals surface area contributed by atoms with Crippen molar-refractivity contribution >= 4 is 0 Å². The quantitative estimate of drug-likeness (QED) is 0.720. The molecular weight excluding hydrogens is 172 g/mol. The molecule has 0 radical (unpaired) electrons. The van der Waals surface area contributed by atoms with Gasteiger partial charge in [-0.2, -0.15) is 0 Å². The molecule has 1 aliphatic heterocycles. The summed E-state index contributed by atoms with van der Waals surface area (Å²) in [6.07, 6.45) is 7.38. The topological polar surface area (TPSA) is 15.3 Å². The monoisotopic (exact) mass is 196 g/mol. The highest BCUT2D eigenvalue weighted by atomic mass is 15.1. The van der Waals surface area contributed by atoms with Crippen molar-refractivity contribution < 1.29 is 0 Å². The number of rotatable bonds is 5. The van der Waals surface area contributed by atoms with Crippen molar-refractivity contribution in [1.82, 2.24) is 10.2 Å². The lowest BCUT2D eigenvalue weighted by Crippen LogP contribution is -2.27. The van der Waals surface area contributed by atoms with E-state index < -0.39 is 0 Å². The molecule has 0 amide bonds. The summed E-state index contributed by atoms with van der Waals surface area (Å²) in [5, 5.41) is 3.29. The van der Waals surface area contributed by atoms with E-state index in [2.05, 4.69) is 17.3 Å². The number of nitrogens with zero attached hydrogens (tertiary/aromatic N) is 1. The maximum atomic E-state index is 3.29. The summed E-state index contributed by atoms with van der Waals surface area (Å²) in [6, 6.07) is 0. The first-order valence-electron chi connectivity index (χ1n) is 6.25. The molecule has 2 nitrogen and oxygen atoms in total. The molecule has 0 spiro atoms. The molecule has 1 saturated carbocycles. The van der Waals surface area contributed by atoms with Gasteiger partial charge in [-0.25, -0.2) is 0 Å². The maximum Gasteiger partial charge on any atom is 0.00223 e. The van der Waals surface area contributed by atoms with Crippen LogP contribution < -0.4 is 5.32 Å². The Morgan fingerprint density at radius 1 is 1.21 bits per heavy atom. The Kier molecular flexibility index (Phi) is 3.82. The van der Waals surface area contributed by atoms with Crippen LogP contribution in [0.2, 0.25) is 0 Å². The van der Waals surface area contributed by atoms with Crippen LogP contribution in [0, 0.1) is 11.8 Å². The third kappa shape index (κ3) is 2.71. The average molecular weight is 196 g/mol. The Bertz CT molecular complexity index is 166. The number of hydrogen-bond acceptors (Lipinski definition) is 2. The Morgan fingerprint density at radius 3 is 2.71 bits per heavy atom. The second kappa shape index (κ2) is 5.13. The zero-order valence-electron chi connectivity index (χ0n) is 9.47. The van der Waals surface area contributed by atoms with Gasteiger partial charge in [0, 0.05) is 6.54 Å². The highest BCUT2D eigenvalue weighted by molar-refractivity contribution is 4.78. The molecule has 0 bridgehead atoms. The Labute approximate surface area is 88.1 Å². The van der Waals surface area contributed by atoms with E-state index in [0.29, 0.717) is 0 Å². The van der Waals surface area contributed by atoms with E-state index in [9.17, 15) is 0 Å². The lowest BCUT2D eigenvalue weighted by molar-refractivity contribution is 0.235. The Morgan fingerprint density at radius 2 is 2.07 bits per heavy atom. The molecule has 82 valence electrons. The molecule has 0 aromatic heterocycles. The zero-order chi connectivity index (χ0) is 9.80. The van der Waals surface area contributed by atoms with Crippen molar-refractivity contribution in [1.29, 1.82) is 0 Å². The van der Waals surface area contributed by atoms with Crippen LogP contribution in [0.3, 0.4) is 0 Å². The summed E-state index contributed by atoms with van der Waals surface area (Å²) in [6.45, 7) is 5.26. The first-order chi connectivity index (χ1) is 6.88. The van der Waals surface area contributed by atoms with Crippen LogP contribution >= 0.6 is 0 Å². The van der Waals surface area contributed by atoms with Crippen LogP contribution in [0.5, 0.6) is 0 Å². The smallest absolute Gasteiger partial charge is 0.00223 e. The Balaban J connectivity index is 1.58. The van der Waals surface area contributed by atoms with Gasteiger partial charge in [-0.1, -0.05) is 19.3 Å². The van der Waals surface area contributed by atoms with Gasteiger partial charge < -0.3 is 10.2 Å². The van der Waals surface area contributed by atoms with Crippen LogP contribution in [0.1, 0.15) is 32.1 Å². The lowest BCUT2D eigenvalue weighted by Gasteiger charge is -2.27. The van der Waals surface area contributed by atoms with Crippen molar-refractivity contribution in [3.63, 3.8) is 0 Å². The van der Waals surface area contributed by atoms with E-state index >= 15 is 0 Å². The van der Waals surface area contributed by atoms with Crippen molar-refractivity contribution in [3.8, 4) is 0 Å². The van der Waals surface area contributed by atoms with Crippen molar-refractivity contribution in [3.05, 3.63) is 0 Å². The molecule has 1 atom stereocenters. The summed E-state index contributed by atoms with van der Waals surface area (Å²) in [5.74, 6) is 2.00. The van der Waals surface area contributed by atoms with Crippen molar-refractivity contribution in [2.75, 3.05) is 33.2 Å². The third-order valence-corrected chi connectivity index (χ3v) is 3.94. The summed E-state index contributed by atoms with van der Waals surface area (Å²) >= 11 is 0. The van der Waals surface area contributed by atoms with Crippen LogP contribution in [-0.2, 0) is 0 Å². The second-order valence-electron chi connectivity index (χ2n) is 5.10. The van der Waals surface area contributed by atoms with E-state index in [-0.39, 0.29) is 0 Å². The largest absolute Gasteiger partial charge is 0.319 e.